The van der Waals surface area contributed by atoms with E-state index in [0.717, 1.165) is 0 Å². The van der Waals surface area contributed by atoms with Gasteiger partial charge in [-0.3, -0.25) is 0 Å². The number of hydrogen-bond donors (Lipinski definition) is 0. The summed E-state index contributed by atoms with van der Waals surface area (Å²) in [7, 11) is 0. The first kappa shape index (κ1) is 14.1. The molecule has 0 atom stereocenters. The second-order valence-corrected chi connectivity index (χ2v) is 10.3. The van der Waals surface area contributed by atoms with Gasteiger partial charge in [0, 0.05) is 0 Å². The molecule has 0 fully saturated rings. The Kier molecular flexibility index (Phi) is 5.08. The molecule has 20 heavy (non-hydrogen) atoms. The molecule has 0 saturated carbocycles. The van der Waals surface area contributed by atoms with E-state index in [4.69, 9.17) is 0 Å². The molecule has 0 nitrogen and oxygen atoms in total. The fourth-order valence-electron chi connectivity index (χ4n) is 1.78. The molecule has 0 N–H and O–H groups in total. The number of halogens is 2. The van der Waals surface area contributed by atoms with Crippen LogP contribution in [-0.2, 0) is 0 Å². The zero-order valence-corrected chi connectivity index (χ0v) is 15.2. The van der Waals surface area contributed by atoms with Crippen molar-refractivity contribution in [2.45, 2.75) is 0 Å². The van der Waals surface area contributed by atoms with Crippen molar-refractivity contribution in [3.8, 4) is 0 Å². The third-order valence-electron chi connectivity index (χ3n) is 2.69. The molecule has 0 bridgehead atoms. The molecule has 0 spiro atoms. The van der Waals surface area contributed by atoms with Gasteiger partial charge in [0.05, 0.1) is 0 Å². The zero-order chi connectivity index (χ0) is 13.6. The number of hydrogen-bond acceptors (Lipinski definition) is 0. The van der Waals surface area contributed by atoms with Crippen LogP contribution in [0.1, 0.15) is 0 Å². The van der Waals surface area contributed by atoms with Gasteiger partial charge in [0.25, 0.3) is 0 Å². The average molecular weight is 484 g/mol. The maximum absolute atomic E-state index is 2.42. The van der Waals surface area contributed by atoms with E-state index in [1.54, 1.807) is 0 Å². The van der Waals surface area contributed by atoms with Crippen LogP contribution in [0.4, 0.5) is 0 Å². The summed E-state index contributed by atoms with van der Waals surface area (Å²) in [6.07, 6.45) is 0. The summed E-state index contributed by atoms with van der Waals surface area (Å²) in [5, 5.41) is 0. The Morgan fingerprint density at radius 1 is 0.400 bits per heavy atom. The van der Waals surface area contributed by atoms with Gasteiger partial charge in [0.2, 0.25) is 0 Å². The molecule has 3 aromatic rings. The van der Waals surface area contributed by atoms with Gasteiger partial charge in [0.1, 0.15) is 0 Å². The molecule has 0 radical (unpaired) electrons. The van der Waals surface area contributed by atoms with Crippen LogP contribution in [-0.4, -0.2) is 0 Å². The second kappa shape index (κ2) is 7.22. The predicted octanol–water partition coefficient (Wildman–Crippen LogP) is -2.06. The van der Waals surface area contributed by atoms with Gasteiger partial charge < -0.3 is 0 Å². The molecule has 0 unspecified atom stereocenters. The van der Waals surface area contributed by atoms with E-state index < -0.39 is 0 Å². The van der Waals surface area contributed by atoms with Crippen molar-refractivity contribution >= 4 is 0 Å². The van der Waals surface area contributed by atoms with Gasteiger partial charge in [-0.1, -0.05) is 0 Å². The first-order valence-corrected chi connectivity index (χ1v) is 10.7. The molecular formula is C18H14I2-2. The number of rotatable bonds is 4. The fraction of sp³-hybridized carbons (Fsp3) is 0. The molecule has 0 aliphatic carbocycles. The molecule has 0 saturated heterocycles. The van der Waals surface area contributed by atoms with E-state index in [9.17, 15) is 0 Å². The summed E-state index contributed by atoms with van der Waals surface area (Å²) in [5.41, 5.74) is 0. The topological polar surface area (TPSA) is 0 Å². The number of benzene rings is 3. The first-order chi connectivity index (χ1) is 9.90. The monoisotopic (exact) mass is 484 g/mol. The van der Waals surface area contributed by atoms with E-state index in [2.05, 4.69) is 84.9 Å². The minimum atomic E-state index is -0.0467. The van der Waals surface area contributed by atoms with Gasteiger partial charge in [-0.25, -0.2) is 0 Å². The first-order valence-electron chi connectivity index (χ1n) is 6.40. The normalized spacial score (nSPS) is 10.8. The Hall–Kier alpha value is -0.880. The summed E-state index contributed by atoms with van der Waals surface area (Å²) in [6.45, 7) is 0. The fourth-order valence-corrected chi connectivity index (χ4v) is 7.13. The molecule has 0 aliphatic heterocycles. The van der Waals surface area contributed by atoms with E-state index in [1.807, 2.05) is 0 Å². The van der Waals surface area contributed by atoms with Crippen LogP contribution in [0, 0.1) is 14.3 Å². The standard InChI is InChI=1S/C18H14I2/c1-3-8-15(9-4-1)19-17-12-7-13-18(14-17)20-16-10-5-2-6-11-16/h1-14H/q-2. The summed E-state index contributed by atoms with van der Waals surface area (Å²) >= 11 is -0.0934. The van der Waals surface area contributed by atoms with E-state index in [1.165, 1.54) is 14.3 Å². The van der Waals surface area contributed by atoms with Gasteiger partial charge >= 0.3 is 142 Å². The molecule has 102 valence electrons. The van der Waals surface area contributed by atoms with E-state index in [0.29, 0.717) is 0 Å². The van der Waals surface area contributed by atoms with E-state index >= 15 is 0 Å². The van der Waals surface area contributed by atoms with Crippen LogP contribution in [0.5, 0.6) is 0 Å². The van der Waals surface area contributed by atoms with Gasteiger partial charge in [-0.2, -0.15) is 0 Å². The van der Waals surface area contributed by atoms with Crippen molar-refractivity contribution in [3.05, 3.63) is 99.2 Å². The molecule has 3 aromatic carbocycles. The average Bonchev–Trinajstić information content (AvgIpc) is 2.50. The van der Waals surface area contributed by atoms with Crippen LogP contribution < -0.4 is 42.4 Å². The summed E-state index contributed by atoms with van der Waals surface area (Å²) in [5.74, 6) is 0. The van der Waals surface area contributed by atoms with Crippen LogP contribution in [0.2, 0.25) is 0 Å². The summed E-state index contributed by atoms with van der Waals surface area (Å²) < 4.78 is 6.01. The van der Waals surface area contributed by atoms with Crippen molar-refractivity contribution < 1.29 is 42.4 Å². The van der Waals surface area contributed by atoms with Crippen LogP contribution >= 0.6 is 0 Å². The van der Waals surface area contributed by atoms with Crippen LogP contribution in [0.3, 0.4) is 0 Å². The van der Waals surface area contributed by atoms with Crippen molar-refractivity contribution in [3.63, 3.8) is 0 Å². The van der Waals surface area contributed by atoms with Crippen molar-refractivity contribution in [1.82, 2.24) is 0 Å². The van der Waals surface area contributed by atoms with Gasteiger partial charge in [-0.15, -0.1) is 0 Å². The van der Waals surface area contributed by atoms with Gasteiger partial charge in [0.15, 0.2) is 0 Å². The molecule has 0 amide bonds. The Bertz CT molecular complexity index is 607. The molecule has 0 aliphatic rings. The van der Waals surface area contributed by atoms with Crippen molar-refractivity contribution in [2.24, 2.45) is 0 Å². The Balaban J connectivity index is 1.76. The third-order valence-corrected chi connectivity index (χ3v) is 7.96. The van der Waals surface area contributed by atoms with E-state index in [-0.39, 0.29) is 42.4 Å². The minimum absolute atomic E-state index is 0.0467. The summed E-state index contributed by atoms with van der Waals surface area (Å²) in [4.78, 5) is 0. The van der Waals surface area contributed by atoms with Crippen molar-refractivity contribution in [1.29, 1.82) is 0 Å². The summed E-state index contributed by atoms with van der Waals surface area (Å²) in [6, 6.07) is 30.9. The zero-order valence-electron chi connectivity index (χ0n) is 10.8. The Labute approximate surface area is 140 Å². The SMILES string of the molecule is c1ccc([I-]c2cccc([I-]c3ccccc3)c2)cc1. The van der Waals surface area contributed by atoms with Crippen LogP contribution in [0.25, 0.3) is 0 Å². The Morgan fingerprint density at radius 3 is 1.25 bits per heavy atom. The second-order valence-electron chi connectivity index (χ2n) is 4.22. The van der Waals surface area contributed by atoms with Crippen LogP contribution in [0.15, 0.2) is 84.9 Å². The molecule has 0 aromatic heterocycles. The molecule has 3 rings (SSSR count). The Morgan fingerprint density at radius 2 is 0.800 bits per heavy atom. The quantitative estimate of drug-likeness (QED) is 0.375. The molecular weight excluding hydrogens is 470 g/mol. The van der Waals surface area contributed by atoms with Gasteiger partial charge in [-0.05, 0) is 0 Å². The molecule has 0 heterocycles. The van der Waals surface area contributed by atoms with Crippen molar-refractivity contribution in [2.75, 3.05) is 0 Å². The third kappa shape index (κ3) is 4.06. The predicted molar refractivity (Wildman–Crippen MR) is 74.1 cm³/mol. The molecule has 2 heteroatoms. The maximum atomic E-state index is 2.42.